The first kappa shape index (κ1) is 16.7. The highest BCUT2D eigenvalue weighted by atomic mass is 35.5. The average Bonchev–Trinajstić information content (AvgIpc) is 2.62. The average molecular weight is 349 g/mol. The number of halogens is 1. The molecule has 1 fully saturated rings. The summed E-state index contributed by atoms with van der Waals surface area (Å²) in [5.41, 5.74) is 1.11. The molecule has 2 aromatic rings. The van der Waals surface area contributed by atoms with Gasteiger partial charge in [0.05, 0.1) is 13.3 Å². The monoisotopic (exact) mass is 348 g/mol. The van der Waals surface area contributed by atoms with E-state index < -0.39 is 0 Å². The molecular formula is C16H21ClN6O. The van der Waals surface area contributed by atoms with Crippen LogP contribution in [0.15, 0.2) is 24.5 Å². The Labute approximate surface area is 146 Å². The van der Waals surface area contributed by atoms with Crippen molar-refractivity contribution >= 4 is 23.2 Å². The normalized spacial score (nSPS) is 15.4. The van der Waals surface area contributed by atoms with E-state index in [9.17, 15) is 0 Å². The number of rotatable bonds is 5. The summed E-state index contributed by atoms with van der Waals surface area (Å²) in [5, 5.41) is 3.71. The highest BCUT2D eigenvalue weighted by molar-refractivity contribution is 6.32. The third-order valence-electron chi connectivity index (χ3n) is 4.02. The molecule has 0 saturated carbocycles. The fraction of sp³-hybridized carbons (Fsp3) is 0.438. The van der Waals surface area contributed by atoms with Gasteiger partial charge in [-0.05, 0) is 13.1 Å². The van der Waals surface area contributed by atoms with E-state index in [-0.39, 0.29) is 6.01 Å². The predicted molar refractivity (Wildman–Crippen MR) is 94.9 cm³/mol. The number of aromatic nitrogens is 3. The number of methoxy groups -OCH3 is 1. The molecule has 0 spiro atoms. The molecule has 1 N–H and O–H groups in total. The van der Waals surface area contributed by atoms with Crippen LogP contribution in [0.1, 0.15) is 5.56 Å². The van der Waals surface area contributed by atoms with Crippen LogP contribution in [0.4, 0.5) is 11.6 Å². The summed E-state index contributed by atoms with van der Waals surface area (Å²) in [6.45, 7) is 4.61. The second-order valence-electron chi connectivity index (χ2n) is 5.68. The number of hydrogen-bond donors (Lipinski definition) is 1. The van der Waals surface area contributed by atoms with Gasteiger partial charge in [0.1, 0.15) is 10.8 Å². The van der Waals surface area contributed by atoms with Gasteiger partial charge in [-0.25, -0.2) is 9.97 Å². The van der Waals surface area contributed by atoms with E-state index in [0.29, 0.717) is 17.4 Å². The standard InChI is InChI=1S/C16H21ClN6O/c1-22-6-8-23(9-7-22)15-12(4-3-5-18-15)10-19-14-13(17)11-20-16(21-14)24-2/h3-5,11H,6-10H2,1-2H3,(H,19,20,21). The highest BCUT2D eigenvalue weighted by Gasteiger charge is 2.18. The molecule has 0 radical (unpaired) electrons. The van der Waals surface area contributed by atoms with Gasteiger partial charge in [-0.3, -0.25) is 0 Å². The third-order valence-corrected chi connectivity index (χ3v) is 4.30. The van der Waals surface area contributed by atoms with Gasteiger partial charge < -0.3 is 19.9 Å². The number of anilines is 2. The van der Waals surface area contributed by atoms with Crippen LogP contribution in [-0.2, 0) is 6.54 Å². The van der Waals surface area contributed by atoms with Gasteiger partial charge in [-0.1, -0.05) is 17.7 Å². The fourth-order valence-electron chi connectivity index (χ4n) is 2.62. The molecule has 0 unspecified atom stereocenters. The lowest BCUT2D eigenvalue weighted by Crippen LogP contribution is -2.45. The van der Waals surface area contributed by atoms with Crippen LogP contribution in [0.5, 0.6) is 6.01 Å². The van der Waals surface area contributed by atoms with Crippen molar-refractivity contribution in [3.05, 3.63) is 35.1 Å². The number of hydrogen-bond acceptors (Lipinski definition) is 7. The molecule has 0 bridgehead atoms. The smallest absolute Gasteiger partial charge is 0.318 e. The maximum Gasteiger partial charge on any atom is 0.318 e. The van der Waals surface area contributed by atoms with Crippen LogP contribution in [0.25, 0.3) is 0 Å². The maximum absolute atomic E-state index is 6.15. The number of nitrogens with zero attached hydrogens (tertiary/aromatic N) is 5. The molecule has 128 valence electrons. The molecule has 0 atom stereocenters. The number of pyridine rings is 1. The molecule has 7 nitrogen and oxygen atoms in total. The van der Waals surface area contributed by atoms with Crippen molar-refractivity contribution in [1.82, 2.24) is 19.9 Å². The van der Waals surface area contributed by atoms with Crippen LogP contribution >= 0.6 is 11.6 Å². The van der Waals surface area contributed by atoms with Gasteiger partial charge in [0.15, 0.2) is 5.82 Å². The minimum absolute atomic E-state index is 0.285. The molecule has 1 aliphatic heterocycles. The molecular weight excluding hydrogens is 328 g/mol. The first-order chi connectivity index (χ1) is 11.7. The zero-order valence-corrected chi connectivity index (χ0v) is 14.6. The molecule has 1 aliphatic rings. The Bertz CT molecular complexity index is 690. The van der Waals surface area contributed by atoms with Crippen LogP contribution in [0, 0.1) is 0 Å². The van der Waals surface area contributed by atoms with Gasteiger partial charge in [-0.15, -0.1) is 0 Å². The summed E-state index contributed by atoms with van der Waals surface area (Å²) in [6.07, 6.45) is 3.36. The summed E-state index contributed by atoms with van der Waals surface area (Å²) in [4.78, 5) is 17.4. The van der Waals surface area contributed by atoms with E-state index in [4.69, 9.17) is 16.3 Å². The van der Waals surface area contributed by atoms with Crippen molar-refractivity contribution in [2.24, 2.45) is 0 Å². The minimum atomic E-state index is 0.285. The van der Waals surface area contributed by atoms with Gasteiger partial charge in [-0.2, -0.15) is 4.98 Å². The fourth-order valence-corrected chi connectivity index (χ4v) is 2.78. The lowest BCUT2D eigenvalue weighted by Gasteiger charge is -2.34. The van der Waals surface area contributed by atoms with Crippen LogP contribution in [0.3, 0.4) is 0 Å². The molecule has 3 rings (SSSR count). The Morgan fingerprint density at radius 3 is 2.79 bits per heavy atom. The van der Waals surface area contributed by atoms with E-state index in [1.165, 1.54) is 13.3 Å². The zero-order valence-electron chi connectivity index (χ0n) is 13.9. The Hall–Kier alpha value is -2.12. The number of ether oxygens (including phenoxy) is 1. The van der Waals surface area contributed by atoms with E-state index in [2.05, 4.69) is 43.2 Å². The molecule has 24 heavy (non-hydrogen) atoms. The van der Waals surface area contributed by atoms with Crippen LogP contribution in [-0.4, -0.2) is 60.2 Å². The molecule has 0 amide bonds. The number of nitrogens with one attached hydrogen (secondary N) is 1. The van der Waals surface area contributed by atoms with Gasteiger partial charge >= 0.3 is 6.01 Å². The quantitative estimate of drug-likeness (QED) is 0.885. The maximum atomic E-state index is 6.15. The first-order valence-corrected chi connectivity index (χ1v) is 8.23. The Kier molecular flexibility index (Phi) is 5.32. The number of piperazine rings is 1. The predicted octanol–water partition coefficient (Wildman–Crippen LogP) is 1.90. The lowest BCUT2D eigenvalue weighted by atomic mass is 10.2. The molecule has 0 aromatic carbocycles. The van der Waals surface area contributed by atoms with E-state index >= 15 is 0 Å². The minimum Gasteiger partial charge on any atom is -0.467 e. The van der Waals surface area contributed by atoms with E-state index in [0.717, 1.165) is 37.6 Å². The Morgan fingerprint density at radius 2 is 2.04 bits per heavy atom. The summed E-state index contributed by atoms with van der Waals surface area (Å²) >= 11 is 6.15. The summed E-state index contributed by atoms with van der Waals surface area (Å²) < 4.78 is 5.04. The van der Waals surface area contributed by atoms with Crippen molar-refractivity contribution in [1.29, 1.82) is 0 Å². The Morgan fingerprint density at radius 1 is 1.25 bits per heavy atom. The van der Waals surface area contributed by atoms with Gasteiger partial charge in [0, 0.05) is 44.5 Å². The van der Waals surface area contributed by atoms with Crippen molar-refractivity contribution in [3.63, 3.8) is 0 Å². The lowest BCUT2D eigenvalue weighted by molar-refractivity contribution is 0.312. The second kappa shape index (κ2) is 7.63. The van der Waals surface area contributed by atoms with Crippen molar-refractivity contribution in [3.8, 4) is 6.01 Å². The Balaban J connectivity index is 1.74. The summed E-state index contributed by atoms with van der Waals surface area (Å²) in [7, 11) is 3.67. The summed E-state index contributed by atoms with van der Waals surface area (Å²) in [5.74, 6) is 1.56. The molecule has 1 saturated heterocycles. The van der Waals surface area contributed by atoms with E-state index in [1.807, 2.05) is 12.3 Å². The van der Waals surface area contributed by atoms with Gasteiger partial charge in [0.2, 0.25) is 0 Å². The highest BCUT2D eigenvalue weighted by Crippen LogP contribution is 2.23. The number of likely N-dealkylation sites (N-methyl/N-ethyl adjacent to an activating group) is 1. The van der Waals surface area contributed by atoms with Crippen molar-refractivity contribution in [2.45, 2.75) is 6.54 Å². The summed E-state index contributed by atoms with van der Waals surface area (Å²) in [6, 6.07) is 4.30. The van der Waals surface area contributed by atoms with Crippen LogP contribution in [0.2, 0.25) is 5.02 Å². The SMILES string of the molecule is COc1ncc(Cl)c(NCc2cccnc2N2CCN(C)CC2)n1. The van der Waals surface area contributed by atoms with Crippen molar-refractivity contribution < 1.29 is 4.74 Å². The molecule has 2 aromatic heterocycles. The van der Waals surface area contributed by atoms with E-state index in [1.54, 1.807) is 0 Å². The molecule has 0 aliphatic carbocycles. The topological polar surface area (TPSA) is 66.4 Å². The van der Waals surface area contributed by atoms with Crippen molar-refractivity contribution in [2.75, 3.05) is 50.6 Å². The third kappa shape index (κ3) is 3.85. The molecule has 8 heteroatoms. The zero-order chi connectivity index (χ0) is 16.9. The molecule has 3 heterocycles. The van der Waals surface area contributed by atoms with Gasteiger partial charge in [0.25, 0.3) is 0 Å². The first-order valence-electron chi connectivity index (χ1n) is 7.85. The largest absolute Gasteiger partial charge is 0.467 e. The van der Waals surface area contributed by atoms with Crippen LogP contribution < -0.4 is 15.0 Å². The second-order valence-corrected chi connectivity index (χ2v) is 6.09.